The lowest BCUT2D eigenvalue weighted by Gasteiger charge is -2.75. The van der Waals surface area contributed by atoms with E-state index in [0.717, 1.165) is 57.8 Å². The number of carbonyl (C=O) groups is 4. The Morgan fingerprint density at radius 2 is 1.68 bits per heavy atom. The molecule has 5 fully saturated rings. The topological polar surface area (TPSA) is 96.0 Å². The van der Waals surface area contributed by atoms with Gasteiger partial charge in [0.2, 0.25) is 0 Å². The first kappa shape index (κ1) is 26.7. The molecule has 7 nitrogen and oxygen atoms in total. The van der Waals surface area contributed by atoms with Gasteiger partial charge in [0.15, 0.2) is 0 Å². The predicted molar refractivity (Wildman–Crippen MR) is 135 cm³/mol. The lowest BCUT2D eigenvalue weighted by molar-refractivity contribution is -0.282. The second kappa shape index (κ2) is 9.37. The molecule has 2 spiro atoms. The van der Waals surface area contributed by atoms with Crippen LogP contribution in [-0.4, -0.2) is 43.0 Å². The molecule has 10 atom stereocenters. The zero-order valence-corrected chi connectivity index (χ0v) is 23.2. The monoisotopic (exact) mass is 516 g/mol. The van der Waals surface area contributed by atoms with Crippen molar-refractivity contribution in [1.82, 2.24) is 0 Å². The molecule has 0 bridgehead atoms. The molecule has 0 aromatic rings. The van der Waals surface area contributed by atoms with Gasteiger partial charge >= 0.3 is 17.9 Å². The fourth-order valence-electron chi connectivity index (χ4n) is 10.5. The van der Waals surface area contributed by atoms with Crippen LogP contribution in [0.3, 0.4) is 0 Å². The molecule has 5 rings (SSSR count). The van der Waals surface area contributed by atoms with Crippen LogP contribution in [0.4, 0.5) is 0 Å². The summed E-state index contributed by atoms with van der Waals surface area (Å²) in [5.74, 6) is 0.825. The van der Waals surface area contributed by atoms with Crippen LogP contribution in [0.2, 0.25) is 0 Å². The number of fused-ring (bicyclic) bond motifs is 2. The van der Waals surface area contributed by atoms with E-state index in [-0.39, 0.29) is 64.6 Å². The van der Waals surface area contributed by atoms with Gasteiger partial charge in [0, 0.05) is 38.0 Å². The molecule has 0 aliphatic heterocycles. The maximum Gasteiger partial charge on any atom is 0.305 e. The lowest BCUT2D eigenvalue weighted by atomic mass is 9.29. The Labute approximate surface area is 220 Å². The number of ether oxygens (including phenoxy) is 3. The van der Waals surface area contributed by atoms with Crippen molar-refractivity contribution in [3.63, 3.8) is 0 Å². The molecular weight excluding hydrogens is 472 g/mol. The predicted octanol–water partition coefficient (Wildman–Crippen LogP) is 5.03. The van der Waals surface area contributed by atoms with Gasteiger partial charge in [-0.3, -0.25) is 19.2 Å². The van der Waals surface area contributed by atoms with Crippen LogP contribution in [-0.2, 0) is 33.4 Å². The Kier molecular flexibility index (Phi) is 6.76. The number of rotatable bonds is 6. The van der Waals surface area contributed by atoms with E-state index in [1.165, 1.54) is 21.0 Å². The Morgan fingerprint density at radius 1 is 0.973 bits per heavy atom. The van der Waals surface area contributed by atoms with E-state index >= 15 is 0 Å². The first-order valence-electron chi connectivity index (χ1n) is 14.4. The van der Waals surface area contributed by atoms with Gasteiger partial charge < -0.3 is 14.2 Å². The van der Waals surface area contributed by atoms with Gasteiger partial charge in [-0.1, -0.05) is 13.8 Å². The average molecular weight is 517 g/mol. The minimum absolute atomic E-state index is 0.0799. The summed E-state index contributed by atoms with van der Waals surface area (Å²) >= 11 is 0. The SMILES string of the molecule is COC(=O)CCC(C)C1CCC2C3C(OC(C)=O)CC4CC(OC(C)=O)CCC45CCC35CC(=O)C12C. The van der Waals surface area contributed by atoms with Gasteiger partial charge in [0.25, 0.3) is 0 Å². The first-order chi connectivity index (χ1) is 17.5. The van der Waals surface area contributed by atoms with Crippen LogP contribution in [0.5, 0.6) is 0 Å². The van der Waals surface area contributed by atoms with Crippen molar-refractivity contribution >= 4 is 23.7 Å². The molecule has 10 unspecified atom stereocenters. The molecule has 0 aromatic heterocycles. The van der Waals surface area contributed by atoms with Gasteiger partial charge in [-0.15, -0.1) is 0 Å². The number of Topliss-reactive ketones (excluding diaryl/α,β-unsaturated/α-hetero) is 1. The van der Waals surface area contributed by atoms with Crippen LogP contribution in [0.25, 0.3) is 0 Å². The van der Waals surface area contributed by atoms with Crippen molar-refractivity contribution in [3.05, 3.63) is 0 Å². The van der Waals surface area contributed by atoms with E-state index in [4.69, 9.17) is 14.2 Å². The van der Waals surface area contributed by atoms with Gasteiger partial charge in [-0.2, -0.15) is 0 Å². The Morgan fingerprint density at radius 3 is 2.30 bits per heavy atom. The number of ketones is 1. The number of carbonyl (C=O) groups excluding carboxylic acids is 4. The van der Waals surface area contributed by atoms with Gasteiger partial charge in [0.05, 0.1) is 7.11 Å². The quantitative estimate of drug-likeness (QED) is 0.361. The zero-order chi connectivity index (χ0) is 26.8. The molecule has 0 saturated heterocycles. The largest absolute Gasteiger partial charge is 0.469 e. The summed E-state index contributed by atoms with van der Waals surface area (Å²) < 4.78 is 16.6. The first-order valence-corrected chi connectivity index (χ1v) is 14.4. The standard InChI is InChI=1S/C30H44O7/c1-17(6-9-26(34)35-5)22-7-8-23-27-24(37-19(3)32)15-20-14-21(36-18(2)31)10-11-29(20)12-13-30(27,29)16-25(33)28(22,23)4/h17,20-24,27H,6-16H2,1-5H3. The maximum absolute atomic E-state index is 14.3. The van der Waals surface area contributed by atoms with Crippen molar-refractivity contribution in [2.75, 3.05) is 7.11 Å². The number of esters is 3. The molecule has 5 aliphatic carbocycles. The highest BCUT2D eigenvalue weighted by molar-refractivity contribution is 5.88. The van der Waals surface area contributed by atoms with E-state index in [0.29, 0.717) is 24.5 Å². The van der Waals surface area contributed by atoms with Crippen LogP contribution < -0.4 is 0 Å². The summed E-state index contributed by atoms with van der Waals surface area (Å²) in [5, 5.41) is 0. The van der Waals surface area contributed by atoms with Crippen molar-refractivity contribution in [2.24, 2.45) is 45.8 Å². The molecule has 0 N–H and O–H groups in total. The Bertz CT molecular complexity index is 975. The number of hydrogen-bond acceptors (Lipinski definition) is 7. The van der Waals surface area contributed by atoms with Crippen molar-refractivity contribution in [1.29, 1.82) is 0 Å². The summed E-state index contributed by atoms with van der Waals surface area (Å²) in [6.07, 6.45) is 8.88. The summed E-state index contributed by atoms with van der Waals surface area (Å²) in [6, 6.07) is 0. The molecule has 206 valence electrons. The maximum atomic E-state index is 14.3. The van der Waals surface area contributed by atoms with E-state index in [1.54, 1.807) is 0 Å². The third-order valence-electron chi connectivity index (χ3n) is 12.0. The highest BCUT2D eigenvalue weighted by atomic mass is 16.5. The van der Waals surface area contributed by atoms with Crippen molar-refractivity contribution in [3.8, 4) is 0 Å². The summed E-state index contributed by atoms with van der Waals surface area (Å²) in [4.78, 5) is 50.2. The minimum Gasteiger partial charge on any atom is -0.469 e. The summed E-state index contributed by atoms with van der Waals surface area (Å²) in [5.41, 5.74) is -0.498. The Hall–Kier alpha value is -1.92. The molecule has 7 heteroatoms. The highest BCUT2D eigenvalue weighted by Crippen LogP contribution is 2.80. The number of methoxy groups -OCH3 is 1. The third-order valence-corrected chi connectivity index (χ3v) is 12.0. The minimum atomic E-state index is -0.456. The van der Waals surface area contributed by atoms with E-state index in [2.05, 4.69) is 13.8 Å². The van der Waals surface area contributed by atoms with Crippen LogP contribution in [0.1, 0.15) is 98.3 Å². The molecule has 5 aliphatic rings. The van der Waals surface area contributed by atoms with Crippen molar-refractivity contribution < 1.29 is 33.4 Å². The average Bonchev–Trinajstić information content (AvgIpc) is 3.18. The summed E-state index contributed by atoms with van der Waals surface area (Å²) in [6.45, 7) is 7.33. The molecule has 0 amide bonds. The highest BCUT2D eigenvalue weighted by Gasteiger charge is 2.77. The fraction of sp³-hybridized carbons (Fsp3) is 0.867. The van der Waals surface area contributed by atoms with Crippen LogP contribution >= 0.6 is 0 Å². The fourth-order valence-corrected chi connectivity index (χ4v) is 10.5. The summed E-state index contributed by atoms with van der Waals surface area (Å²) in [7, 11) is 1.42. The zero-order valence-electron chi connectivity index (χ0n) is 23.2. The van der Waals surface area contributed by atoms with Gasteiger partial charge in [0.1, 0.15) is 18.0 Å². The normalized spacial score (nSPS) is 44.7. The Balaban J connectivity index is 1.47. The second-order valence-corrected chi connectivity index (χ2v) is 13.2. The van der Waals surface area contributed by atoms with Gasteiger partial charge in [-0.25, -0.2) is 0 Å². The molecule has 0 aromatic carbocycles. The molecule has 0 heterocycles. The molecular formula is C30H44O7. The third kappa shape index (κ3) is 3.88. The van der Waals surface area contributed by atoms with Crippen LogP contribution in [0, 0.1) is 45.8 Å². The molecule has 0 radical (unpaired) electrons. The number of hydrogen-bond donors (Lipinski definition) is 0. The van der Waals surface area contributed by atoms with Gasteiger partial charge in [-0.05, 0) is 92.3 Å². The van der Waals surface area contributed by atoms with Crippen LogP contribution in [0.15, 0.2) is 0 Å². The van der Waals surface area contributed by atoms with E-state index < -0.39 is 5.41 Å². The van der Waals surface area contributed by atoms with E-state index in [9.17, 15) is 19.2 Å². The molecule has 37 heavy (non-hydrogen) atoms. The van der Waals surface area contributed by atoms with E-state index in [1.807, 2.05) is 0 Å². The van der Waals surface area contributed by atoms with Crippen molar-refractivity contribution in [2.45, 2.75) is 111 Å². The second-order valence-electron chi connectivity index (χ2n) is 13.2. The molecule has 5 saturated carbocycles. The lowest BCUT2D eigenvalue weighted by Crippen LogP contribution is -2.72. The smallest absolute Gasteiger partial charge is 0.305 e.